The third-order valence-corrected chi connectivity index (χ3v) is 3.99. The Balaban J connectivity index is 1.87. The maximum absolute atomic E-state index is 13.3. The molecule has 1 N–H and O–H groups in total. The SMILES string of the molecule is CNCC1CCN(Cc2cc(F)cc(Br)c2)CC1. The van der Waals surface area contributed by atoms with E-state index in [4.69, 9.17) is 0 Å². The van der Waals surface area contributed by atoms with Crippen molar-refractivity contribution in [2.75, 3.05) is 26.7 Å². The monoisotopic (exact) mass is 314 g/mol. The largest absolute Gasteiger partial charge is 0.319 e. The summed E-state index contributed by atoms with van der Waals surface area (Å²) in [6.45, 7) is 4.18. The van der Waals surface area contributed by atoms with Gasteiger partial charge in [0.05, 0.1) is 0 Å². The van der Waals surface area contributed by atoms with Crippen LogP contribution in [0.5, 0.6) is 0 Å². The highest BCUT2D eigenvalue weighted by molar-refractivity contribution is 9.10. The number of likely N-dealkylation sites (tertiary alicyclic amines) is 1. The summed E-state index contributed by atoms with van der Waals surface area (Å²) in [5.74, 6) is 0.634. The fraction of sp³-hybridized carbons (Fsp3) is 0.571. The molecule has 0 unspecified atom stereocenters. The van der Waals surface area contributed by atoms with Crippen LogP contribution in [0.15, 0.2) is 22.7 Å². The molecule has 0 amide bonds. The Morgan fingerprint density at radius 2 is 2.06 bits per heavy atom. The van der Waals surface area contributed by atoms with Gasteiger partial charge in [-0.1, -0.05) is 15.9 Å². The zero-order valence-corrected chi connectivity index (χ0v) is 12.3. The van der Waals surface area contributed by atoms with Crippen molar-refractivity contribution in [3.63, 3.8) is 0 Å². The standard InChI is InChI=1S/C14H20BrFN2/c1-17-9-11-2-4-18(5-3-11)10-12-6-13(15)8-14(16)7-12/h6-8,11,17H,2-5,9-10H2,1H3. The summed E-state index contributed by atoms with van der Waals surface area (Å²) < 4.78 is 14.1. The van der Waals surface area contributed by atoms with Crippen LogP contribution in [0.1, 0.15) is 18.4 Å². The van der Waals surface area contributed by atoms with Crippen LogP contribution < -0.4 is 5.32 Å². The van der Waals surface area contributed by atoms with Crippen molar-refractivity contribution in [1.82, 2.24) is 10.2 Å². The molecule has 0 aromatic heterocycles. The van der Waals surface area contributed by atoms with Crippen LogP contribution in [0.4, 0.5) is 4.39 Å². The Morgan fingerprint density at radius 3 is 2.67 bits per heavy atom. The van der Waals surface area contributed by atoms with Gasteiger partial charge in [0.2, 0.25) is 0 Å². The lowest BCUT2D eigenvalue weighted by Crippen LogP contribution is -2.36. The maximum atomic E-state index is 13.3. The first-order chi connectivity index (χ1) is 8.67. The van der Waals surface area contributed by atoms with E-state index in [1.54, 1.807) is 6.07 Å². The van der Waals surface area contributed by atoms with Crippen molar-refractivity contribution in [2.24, 2.45) is 5.92 Å². The van der Waals surface area contributed by atoms with Crippen LogP contribution in [0.25, 0.3) is 0 Å². The average molecular weight is 315 g/mol. The van der Waals surface area contributed by atoms with Gasteiger partial charge in [0.1, 0.15) is 5.82 Å². The summed E-state index contributed by atoms with van der Waals surface area (Å²) in [5.41, 5.74) is 1.05. The molecule has 18 heavy (non-hydrogen) atoms. The van der Waals surface area contributed by atoms with Gasteiger partial charge >= 0.3 is 0 Å². The minimum Gasteiger partial charge on any atom is -0.319 e. The number of hydrogen-bond acceptors (Lipinski definition) is 2. The van der Waals surface area contributed by atoms with E-state index in [-0.39, 0.29) is 5.82 Å². The Kier molecular flexibility index (Phi) is 5.15. The molecule has 0 atom stereocenters. The second-order valence-electron chi connectivity index (χ2n) is 5.05. The maximum Gasteiger partial charge on any atom is 0.124 e. The summed E-state index contributed by atoms with van der Waals surface area (Å²) in [6.07, 6.45) is 2.47. The second-order valence-corrected chi connectivity index (χ2v) is 5.97. The minimum atomic E-state index is -0.163. The molecule has 0 bridgehead atoms. The molecule has 4 heteroatoms. The zero-order chi connectivity index (χ0) is 13.0. The first kappa shape index (κ1) is 14.0. The number of hydrogen-bond donors (Lipinski definition) is 1. The van der Waals surface area contributed by atoms with Gasteiger partial charge in [0.15, 0.2) is 0 Å². The van der Waals surface area contributed by atoms with Gasteiger partial charge in [-0.15, -0.1) is 0 Å². The van der Waals surface area contributed by atoms with E-state index in [1.165, 1.54) is 18.9 Å². The van der Waals surface area contributed by atoms with Crippen molar-refractivity contribution < 1.29 is 4.39 Å². The predicted molar refractivity (Wildman–Crippen MR) is 76.0 cm³/mol. The van der Waals surface area contributed by atoms with Gasteiger partial charge in [-0.3, -0.25) is 4.90 Å². The van der Waals surface area contributed by atoms with Crippen molar-refractivity contribution in [2.45, 2.75) is 19.4 Å². The molecule has 1 aromatic carbocycles. The van der Waals surface area contributed by atoms with Crippen molar-refractivity contribution in [3.05, 3.63) is 34.1 Å². The van der Waals surface area contributed by atoms with Crippen LogP contribution in [-0.4, -0.2) is 31.6 Å². The molecule has 1 heterocycles. The molecule has 0 aliphatic carbocycles. The molecule has 1 aromatic rings. The number of rotatable bonds is 4. The summed E-state index contributed by atoms with van der Waals surface area (Å²) >= 11 is 3.34. The number of nitrogens with one attached hydrogen (secondary N) is 1. The van der Waals surface area contributed by atoms with Gasteiger partial charge in [-0.05, 0) is 69.2 Å². The Bertz CT molecular complexity index is 369. The first-order valence-electron chi connectivity index (χ1n) is 6.49. The van der Waals surface area contributed by atoms with E-state index >= 15 is 0 Å². The Labute approximate surface area is 117 Å². The lowest BCUT2D eigenvalue weighted by molar-refractivity contribution is 0.176. The molecule has 1 aliphatic heterocycles. The Morgan fingerprint density at radius 1 is 1.33 bits per heavy atom. The molecule has 0 saturated carbocycles. The van der Waals surface area contributed by atoms with Crippen LogP contribution in [-0.2, 0) is 6.54 Å². The van der Waals surface area contributed by atoms with E-state index in [9.17, 15) is 4.39 Å². The van der Waals surface area contributed by atoms with Crippen molar-refractivity contribution >= 4 is 15.9 Å². The molecule has 2 nitrogen and oxygen atoms in total. The molecule has 100 valence electrons. The third-order valence-electron chi connectivity index (χ3n) is 3.53. The quantitative estimate of drug-likeness (QED) is 0.919. The molecular weight excluding hydrogens is 295 g/mol. The van der Waals surface area contributed by atoms with Crippen LogP contribution in [0, 0.1) is 11.7 Å². The summed E-state index contributed by atoms with van der Waals surface area (Å²) in [5, 5.41) is 3.24. The van der Waals surface area contributed by atoms with Crippen molar-refractivity contribution in [1.29, 1.82) is 0 Å². The highest BCUT2D eigenvalue weighted by Gasteiger charge is 2.18. The van der Waals surface area contributed by atoms with E-state index in [2.05, 4.69) is 26.1 Å². The summed E-state index contributed by atoms with van der Waals surface area (Å²) in [4.78, 5) is 2.41. The zero-order valence-electron chi connectivity index (χ0n) is 10.8. The van der Waals surface area contributed by atoms with E-state index in [0.29, 0.717) is 0 Å². The normalized spacial score (nSPS) is 18.2. The lowest BCUT2D eigenvalue weighted by Gasteiger charge is -2.31. The molecule has 1 saturated heterocycles. The molecule has 1 fully saturated rings. The molecule has 1 aliphatic rings. The highest BCUT2D eigenvalue weighted by atomic mass is 79.9. The predicted octanol–water partition coefficient (Wildman–Crippen LogP) is 3.02. The van der Waals surface area contributed by atoms with Gasteiger partial charge < -0.3 is 5.32 Å². The second kappa shape index (κ2) is 6.64. The van der Waals surface area contributed by atoms with Crippen LogP contribution in [0.3, 0.4) is 0 Å². The smallest absolute Gasteiger partial charge is 0.124 e. The topological polar surface area (TPSA) is 15.3 Å². The highest BCUT2D eigenvalue weighted by Crippen LogP contribution is 2.20. The van der Waals surface area contributed by atoms with Crippen molar-refractivity contribution in [3.8, 4) is 0 Å². The fourth-order valence-electron chi connectivity index (χ4n) is 2.60. The third kappa shape index (κ3) is 4.04. The summed E-state index contributed by atoms with van der Waals surface area (Å²) in [6, 6.07) is 5.13. The average Bonchev–Trinajstić information content (AvgIpc) is 2.31. The Hall–Kier alpha value is -0.450. The number of piperidine rings is 1. The van der Waals surface area contributed by atoms with E-state index in [0.717, 1.165) is 42.1 Å². The first-order valence-corrected chi connectivity index (χ1v) is 7.28. The summed E-state index contributed by atoms with van der Waals surface area (Å²) in [7, 11) is 2.01. The number of halogens is 2. The molecule has 0 spiro atoms. The van der Waals surface area contributed by atoms with E-state index < -0.39 is 0 Å². The van der Waals surface area contributed by atoms with Crippen LogP contribution >= 0.6 is 15.9 Å². The van der Waals surface area contributed by atoms with Gasteiger partial charge in [-0.25, -0.2) is 4.39 Å². The minimum absolute atomic E-state index is 0.163. The fourth-order valence-corrected chi connectivity index (χ4v) is 3.11. The number of nitrogens with zero attached hydrogens (tertiary/aromatic N) is 1. The van der Waals surface area contributed by atoms with Gasteiger partial charge in [-0.2, -0.15) is 0 Å². The molecule has 2 rings (SSSR count). The lowest BCUT2D eigenvalue weighted by atomic mass is 9.96. The molecule has 0 radical (unpaired) electrons. The van der Waals surface area contributed by atoms with Gasteiger partial charge in [0, 0.05) is 11.0 Å². The van der Waals surface area contributed by atoms with E-state index in [1.807, 2.05) is 13.1 Å². The molecular formula is C14H20BrFN2. The number of benzene rings is 1. The van der Waals surface area contributed by atoms with Crippen LogP contribution in [0.2, 0.25) is 0 Å². The van der Waals surface area contributed by atoms with Gasteiger partial charge in [0.25, 0.3) is 0 Å².